The minimum atomic E-state index is -0.795. The molecule has 2 N–H and O–H groups in total. The molecule has 0 radical (unpaired) electrons. The summed E-state index contributed by atoms with van der Waals surface area (Å²) in [6, 6.07) is 2.35. The molecular formula is C15H18FN3O3. The number of imide groups is 1. The highest BCUT2D eigenvalue weighted by Gasteiger charge is 2.30. The molecule has 2 amide bonds. The zero-order valence-corrected chi connectivity index (χ0v) is 12.7. The van der Waals surface area contributed by atoms with E-state index < -0.39 is 23.5 Å². The SMILES string of the molecule is CC.Cc1ccc2c([nH]c(=O)n2C2CCC(=O)NC2=O)c1F. The first kappa shape index (κ1) is 15.9. The minimum Gasteiger partial charge on any atom is -0.303 e. The average Bonchev–Trinajstić information content (AvgIpc) is 2.83. The Labute approximate surface area is 126 Å². The van der Waals surface area contributed by atoms with Crippen LogP contribution in [-0.2, 0) is 9.59 Å². The van der Waals surface area contributed by atoms with Crippen molar-refractivity contribution in [3.63, 3.8) is 0 Å². The smallest absolute Gasteiger partial charge is 0.303 e. The number of imidazole rings is 1. The van der Waals surface area contributed by atoms with Gasteiger partial charge in [0.1, 0.15) is 11.6 Å². The van der Waals surface area contributed by atoms with Gasteiger partial charge >= 0.3 is 5.69 Å². The maximum atomic E-state index is 14.0. The van der Waals surface area contributed by atoms with Crippen molar-refractivity contribution in [3.8, 4) is 0 Å². The Bertz CT molecular complexity index is 791. The van der Waals surface area contributed by atoms with Crippen molar-refractivity contribution in [2.24, 2.45) is 0 Å². The number of aryl methyl sites for hydroxylation is 1. The van der Waals surface area contributed by atoms with Crippen LogP contribution in [0.1, 0.15) is 38.3 Å². The number of H-pyrrole nitrogens is 1. The number of nitrogens with zero attached hydrogens (tertiary/aromatic N) is 1. The fourth-order valence-corrected chi connectivity index (χ4v) is 2.50. The normalized spacial score (nSPS) is 17.9. The monoisotopic (exact) mass is 307 g/mol. The van der Waals surface area contributed by atoms with E-state index in [-0.39, 0.29) is 24.3 Å². The number of amides is 2. The molecular weight excluding hydrogens is 289 g/mol. The molecule has 1 fully saturated rings. The lowest BCUT2D eigenvalue weighted by Gasteiger charge is -2.21. The Morgan fingerprint density at radius 2 is 1.91 bits per heavy atom. The fourth-order valence-electron chi connectivity index (χ4n) is 2.50. The molecule has 3 rings (SSSR count). The third-order valence-electron chi connectivity index (χ3n) is 3.55. The molecule has 118 valence electrons. The molecule has 0 bridgehead atoms. The van der Waals surface area contributed by atoms with E-state index >= 15 is 0 Å². The molecule has 0 aliphatic carbocycles. The lowest BCUT2D eigenvalue weighted by atomic mass is 10.1. The summed E-state index contributed by atoms with van der Waals surface area (Å²) in [5, 5.41) is 2.19. The molecule has 1 saturated heterocycles. The lowest BCUT2D eigenvalue weighted by molar-refractivity contribution is -0.135. The number of aromatic nitrogens is 2. The van der Waals surface area contributed by atoms with E-state index in [1.54, 1.807) is 19.1 Å². The van der Waals surface area contributed by atoms with Crippen LogP contribution in [0.4, 0.5) is 4.39 Å². The van der Waals surface area contributed by atoms with Crippen molar-refractivity contribution in [3.05, 3.63) is 34.0 Å². The van der Waals surface area contributed by atoms with Crippen molar-refractivity contribution in [2.45, 2.75) is 39.7 Å². The number of nitrogens with one attached hydrogen (secondary N) is 2. The number of hydrogen-bond acceptors (Lipinski definition) is 3. The third-order valence-corrected chi connectivity index (χ3v) is 3.55. The van der Waals surface area contributed by atoms with Gasteiger partial charge in [-0.15, -0.1) is 0 Å². The second kappa shape index (κ2) is 6.13. The Balaban J connectivity index is 0.000000847. The van der Waals surface area contributed by atoms with Crippen LogP contribution in [-0.4, -0.2) is 21.4 Å². The average molecular weight is 307 g/mol. The summed E-state index contributed by atoms with van der Waals surface area (Å²) >= 11 is 0. The van der Waals surface area contributed by atoms with Crippen LogP contribution in [0, 0.1) is 12.7 Å². The number of halogens is 1. The molecule has 2 aromatic rings. The standard InChI is InChI=1S/C13H12FN3O3.C2H6/c1-6-2-3-7-11(10(6)14)16-13(20)17(7)8-4-5-9(18)15-12(8)19;1-2/h2-3,8H,4-5H2,1H3,(H,16,20)(H,15,18,19);1-2H3. The number of carbonyl (C=O) groups is 2. The quantitative estimate of drug-likeness (QED) is 0.788. The van der Waals surface area contributed by atoms with E-state index in [0.717, 1.165) is 0 Å². The van der Waals surface area contributed by atoms with Crippen LogP contribution in [0.3, 0.4) is 0 Å². The first-order valence-electron chi connectivity index (χ1n) is 7.22. The van der Waals surface area contributed by atoms with E-state index in [1.165, 1.54) is 4.57 Å². The van der Waals surface area contributed by atoms with Gasteiger partial charge in [-0.3, -0.25) is 19.5 Å². The van der Waals surface area contributed by atoms with Gasteiger partial charge in [0.2, 0.25) is 11.8 Å². The van der Waals surface area contributed by atoms with Crippen LogP contribution in [0.2, 0.25) is 0 Å². The predicted octanol–water partition coefficient (Wildman–Crippen LogP) is 1.78. The number of rotatable bonds is 1. The number of fused-ring (bicyclic) bond motifs is 1. The van der Waals surface area contributed by atoms with Gasteiger partial charge in [-0.05, 0) is 25.0 Å². The van der Waals surface area contributed by atoms with Crippen LogP contribution in [0.15, 0.2) is 16.9 Å². The third kappa shape index (κ3) is 2.54. The molecule has 1 aromatic heterocycles. The van der Waals surface area contributed by atoms with Crippen LogP contribution in [0.25, 0.3) is 11.0 Å². The largest absolute Gasteiger partial charge is 0.327 e. The lowest BCUT2D eigenvalue weighted by Crippen LogP contribution is -2.43. The number of piperidine rings is 1. The molecule has 22 heavy (non-hydrogen) atoms. The molecule has 1 atom stereocenters. The molecule has 2 heterocycles. The van der Waals surface area contributed by atoms with Gasteiger partial charge in [-0.25, -0.2) is 9.18 Å². The van der Waals surface area contributed by atoms with Gasteiger partial charge in [0.05, 0.1) is 5.52 Å². The summed E-state index contributed by atoms with van der Waals surface area (Å²) in [5.74, 6) is -1.41. The van der Waals surface area contributed by atoms with Crippen LogP contribution >= 0.6 is 0 Å². The van der Waals surface area contributed by atoms with E-state index in [2.05, 4.69) is 10.3 Å². The number of carbonyl (C=O) groups excluding carboxylic acids is 2. The molecule has 0 saturated carbocycles. The van der Waals surface area contributed by atoms with Crippen molar-refractivity contribution in [2.75, 3.05) is 0 Å². The molecule has 6 nitrogen and oxygen atoms in total. The van der Waals surface area contributed by atoms with Gasteiger partial charge in [0.15, 0.2) is 5.82 Å². The summed E-state index contributed by atoms with van der Waals surface area (Å²) in [4.78, 5) is 37.4. The molecule has 1 unspecified atom stereocenters. The van der Waals surface area contributed by atoms with E-state index in [9.17, 15) is 18.8 Å². The number of aromatic amines is 1. The van der Waals surface area contributed by atoms with Crippen molar-refractivity contribution in [1.29, 1.82) is 0 Å². The Hall–Kier alpha value is -2.44. The molecule has 1 aliphatic rings. The summed E-state index contributed by atoms with van der Waals surface area (Å²) < 4.78 is 15.2. The highest BCUT2D eigenvalue weighted by molar-refractivity contribution is 6.00. The van der Waals surface area contributed by atoms with Gasteiger partial charge < -0.3 is 4.98 Å². The Kier molecular flexibility index (Phi) is 4.44. The summed E-state index contributed by atoms with van der Waals surface area (Å²) in [5.41, 5.74) is 0.264. The van der Waals surface area contributed by atoms with Crippen LogP contribution in [0.5, 0.6) is 0 Å². The summed E-state index contributed by atoms with van der Waals surface area (Å²) in [6.07, 6.45) is 0.386. The van der Waals surface area contributed by atoms with Crippen molar-refractivity contribution < 1.29 is 14.0 Å². The topological polar surface area (TPSA) is 84.0 Å². The summed E-state index contributed by atoms with van der Waals surface area (Å²) in [6.45, 7) is 5.59. The maximum absolute atomic E-state index is 14.0. The molecule has 0 spiro atoms. The highest BCUT2D eigenvalue weighted by atomic mass is 19.1. The van der Waals surface area contributed by atoms with Gasteiger partial charge in [0, 0.05) is 6.42 Å². The molecule has 7 heteroatoms. The molecule has 1 aliphatic heterocycles. The van der Waals surface area contributed by atoms with Crippen molar-refractivity contribution in [1.82, 2.24) is 14.9 Å². The first-order valence-corrected chi connectivity index (χ1v) is 7.22. The zero-order chi connectivity index (χ0) is 16.4. The van der Waals surface area contributed by atoms with E-state index in [0.29, 0.717) is 11.1 Å². The van der Waals surface area contributed by atoms with Crippen molar-refractivity contribution >= 4 is 22.8 Å². The van der Waals surface area contributed by atoms with Gasteiger partial charge in [0.25, 0.3) is 0 Å². The number of benzene rings is 1. The Morgan fingerprint density at radius 1 is 1.23 bits per heavy atom. The maximum Gasteiger partial charge on any atom is 0.327 e. The minimum absolute atomic E-state index is 0.0831. The predicted molar refractivity (Wildman–Crippen MR) is 80.0 cm³/mol. The summed E-state index contributed by atoms with van der Waals surface area (Å²) in [7, 11) is 0. The van der Waals surface area contributed by atoms with Gasteiger partial charge in [-0.2, -0.15) is 0 Å². The van der Waals surface area contributed by atoms with E-state index in [1.807, 2.05) is 13.8 Å². The zero-order valence-electron chi connectivity index (χ0n) is 12.7. The second-order valence-corrected chi connectivity index (χ2v) is 4.86. The molecule has 1 aromatic carbocycles. The second-order valence-electron chi connectivity index (χ2n) is 4.86. The van der Waals surface area contributed by atoms with Gasteiger partial charge in [-0.1, -0.05) is 19.9 Å². The van der Waals surface area contributed by atoms with E-state index in [4.69, 9.17) is 0 Å². The first-order chi connectivity index (χ1) is 10.5. The Morgan fingerprint density at radius 3 is 2.55 bits per heavy atom. The fraction of sp³-hybridized carbons (Fsp3) is 0.400. The van der Waals surface area contributed by atoms with Crippen LogP contribution < -0.4 is 11.0 Å². The highest BCUT2D eigenvalue weighted by Crippen LogP contribution is 2.24. The number of hydrogen-bond donors (Lipinski definition) is 2.